The minimum atomic E-state index is -2.96. The summed E-state index contributed by atoms with van der Waals surface area (Å²) in [6.07, 6.45) is 0. The first-order valence-electron chi connectivity index (χ1n) is 6.19. The van der Waals surface area contributed by atoms with Crippen LogP contribution in [-0.4, -0.2) is 32.7 Å². The lowest BCUT2D eigenvalue weighted by Gasteiger charge is -2.15. The number of hydrogen-bond donors (Lipinski definition) is 2. The fourth-order valence-electron chi connectivity index (χ4n) is 1.61. The molecular formula is C13H18F2N2O3. The monoisotopic (exact) mass is 288 g/mol. The molecule has 112 valence electrons. The van der Waals surface area contributed by atoms with E-state index in [1.54, 1.807) is 32.2 Å². The van der Waals surface area contributed by atoms with Crippen LogP contribution >= 0.6 is 0 Å². The van der Waals surface area contributed by atoms with Gasteiger partial charge >= 0.3 is 6.61 Å². The van der Waals surface area contributed by atoms with Crippen molar-refractivity contribution in [1.29, 1.82) is 0 Å². The number of benzene rings is 1. The lowest BCUT2D eigenvalue weighted by Crippen LogP contribution is -2.31. The molecule has 1 aromatic rings. The Morgan fingerprint density at radius 2 is 2.15 bits per heavy atom. The van der Waals surface area contributed by atoms with E-state index in [4.69, 9.17) is 4.74 Å². The predicted molar refractivity (Wildman–Crippen MR) is 70.0 cm³/mol. The maximum atomic E-state index is 12.5. The zero-order valence-electron chi connectivity index (χ0n) is 11.4. The van der Waals surface area contributed by atoms with Crippen molar-refractivity contribution in [1.82, 2.24) is 10.6 Å². The molecule has 20 heavy (non-hydrogen) atoms. The zero-order valence-corrected chi connectivity index (χ0v) is 11.4. The Labute approximate surface area is 116 Å². The number of halogens is 2. The minimum Gasteiger partial charge on any atom is -0.490 e. The lowest BCUT2D eigenvalue weighted by atomic mass is 10.2. The molecule has 5 nitrogen and oxygen atoms in total. The summed E-state index contributed by atoms with van der Waals surface area (Å²) < 4.78 is 34.7. The van der Waals surface area contributed by atoms with E-state index in [0.717, 1.165) is 0 Å². The van der Waals surface area contributed by atoms with Gasteiger partial charge in [-0.2, -0.15) is 8.78 Å². The van der Waals surface area contributed by atoms with Gasteiger partial charge in [0, 0.05) is 12.1 Å². The molecule has 0 spiro atoms. The van der Waals surface area contributed by atoms with Gasteiger partial charge in [0.05, 0.1) is 13.2 Å². The van der Waals surface area contributed by atoms with Crippen molar-refractivity contribution in [2.45, 2.75) is 20.1 Å². The number of alkyl halides is 2. The molecule has 7 heteroatoms. The minimum absolute atomic E-state index is 0.0471. The lowest BCUT2D eigenvalue weighted by molar-refractivity contribution is -0.120. The number of rotatable bonds is 8. The Balaban J connectivity index is 2.87. The summed E-state index contributed by atoms with van der Waals surface area (Å²) >= 11 is 0. The van der Waals surface area contributed by atoms with Crippen molar-refractivity contribution in [2.24, 2.45) is 0 Å². The third kappa shape index (κ3) is 5.00. The van der Waals surface area contributed by atoms with E-state index >= 15 is 0 Å². The summed E-state index contributed by atoms with van der Waals surface area (Å²) in [5.41, 5.74) is 0.431. The van der Waals surface area contributed by atoms with Crippen LogP contribution in [0.25, 0.3) is 0 Å². The standard InChI is InChI=1S/C13H18F2N2O3/c1-3-19-10-6-4-5-9(12(10)20-13(14)15)7-17-11(18)8-16-2/h4-6,13,16H,3,7-8H2,1-2H3,(H,17,18). The molecule has 1 rings (SSSR count). The Kier molecular flexibility index (Phi) is 6.72. The number of carbonyl (C=O) groups excluding carboxylic acids is 1. The van der Waals surface area contributed by atoms with Crippen LogP contribution in [0.4, 0.5) is 8.78 Å². The largest absolute Gasteiger partial charge is 0.490 e. The number of amides is 1. The van der Waals surface area contributed by atoms with Crippen molar-refractivity contribution in [3.8, 4) is 11.5 Å². The van der Waals surface area contributed by atoms with Gasteiger partial charge in [-0.15, -0.1) is 0 Å². The number of nitrogens with one attached hydrogen (secondary N) is 2. The third-order valence-electron chi connectivity index (χ3n) is 2.38. The van der Waals surface area contributed by atoms with Gasteiger partial charge in [0.1, 0.15) is 0 Å². The number of para-hydroxylation sites is 1. The molecule has 0 unspecified atom stereocenters. The van der Waals surface area contributed by atoms with Gasteiger partial charge in [0.2, 0.25) is 5.91 Å². The number of ether oxygens (including phenoxy) is 2. The Hall–Kier alpha value is -1.89. The number of likely N-dealkylation sites (N-methyl/N-ethyl adjacent to an activating group) is 1. The van der Waals surface area contributed by atoms with E-state index in [-0.39, 0.29) is 30.5 Å². The van der Waals surface area contributed by atoms with E-state index in [9.17, 15) is 13.6 Å². The first kappa shape index (κ1) is 16.2. The first-order chi connectivity index (χ1) is 9.58. The fourth-order valence-corrected chi connectivity index (χ4v) is 1.61. The molecule has 0 aliphatic carbocycles. The van der Waals surface area contributed by atoms with Gasteiger partial charge in [-0.05, 0) is 20.0 Å². The smallest absolute Gasteiger partial charge is 0.387 e. The maximum Gasteiger partial charge on any atom is 0.387 e. The van der Waals surface area contributed by atoms with Crippen molar-refractivity contribution in [3.05, 3.63) is 23.8 Å². The quantitative estimate of drug-likeness (QED) is 0.761. The van der Waals surface area contributed by atoms with Crippen LogP contribution in [0.1, 0.15) is 12.5 Å². The van der Waals surface area contributed by atoms with Gasteiger partial charge < -0.3 is 20.1 Å². The topological polar surface area (TPSA) is 59.6 Å². The van der Waals surface area contributed by atoms with E-state index in [0.29, 0.717) is 12.2 Å². The SMILES string of the molecule is CCOc1cccc(CNC(=O)CNC)c1OC(F)F. The molecule has 0 bridgehead atoms. The van der Waals surface area contributed by atoms with Crippen LogP contribution in [0, 0.1) is 0 Å². The predicted octanol–water partition coefficient (Wildman–Crippen LogP) is 1.52. The molecule has 0 atom stereocenters. The highest BCUT2D eigenvalue weighted by Gasteiger charge is 2.16. The summed E-state index contributed by atoms with van der Waals surface area (Å²) in [7, 11) is 1.64. The van der Waals surface area contributed by atoms with E-state index < -0.39 is 6.61 Å². The summed E-state index contributed by atoms with van der Waals surface area (Å²) in [6, 6.07) is 4.79. The highest BCUT2D eigenvalue weighted by atomic mass is 19.3. The van der Waals surface area contributed by atoms with Gasteiger partial charge in [-0.3, -0.25) is 4.79 Å². The number of carbonyl (C=O) groups is 1. The third-order valence-corrected chi connectivity index (χ3v) is 2.38. The van der Waals surface area contributed by atoms with Crippen LogP contribution in [0.15, 0.2) is 18.2 Å². The normalized spacial score (nSPS) is 10.4. The Morgan fingerprint density at radius 3 is 2.75 bits per heavy atom. The fraction of sp³-hybridized carbons (Fsp3) is 0.462. The molecule has 0 saturated carbocycles. The molecule has 0 aromatic heterocycles. The molecule has 0 radical (unpaired) electrons. The van der Waals surface area contributed by atoms with Crippen LogP contribution in [-0.2, 0) is 11.3 Å². The molecule has 0 aliphatic rings. The van der Waals surface area contributed by atoms with Crippen LogP contribution < -0.4 is 20.1 Å². The Morgan fingerprint density at radius 1 is 1.40 bits per heavy atom. The highest BCUT2D eigenvalue weighted by Crippen LogP contribution is 2.32. The molecule has 1 aromatic carbocycles. The average Bonchev–Trinajstić information content (AvgIpc) is 2.39. The zero-order chi connectivity index (χ0) is 15.0. The van der Waals surface area contributed by atoms with Crippen molar-refractivity contribution < 1.29 is 23.0 Å². The summed E-state index contributed by atoms with van der Waals surface area (Å²) in [6.45, 7) is -0.647. The van der Waals surface area contributed by atoms with E-state index in [1.165, 1.54) is 0 Å². The molecule has 0 heterocycles. The van der Waals surface area contributed by atoms with Gasteiger partial charge in [-0.25, -0.2) is 0 Å². The highest BCUT2D eigenvalue weighted by molar-refractivity contribution is 5.78. The van der Waals surface area contributed by atoms with Crippen LogP contribution in [0.2, 0.25) is 0 Å². The van der Waals surface area contributed by atoms with Crippen LogP contribution in [0.5, 0.6) is 11.5 Å². The van der Waals surface area contributed by atoms with Gasteiger partial charge in [0.25, 0.3) is 0 Å². The molecule has 0 saturated heterocycles. The van der Waals surface area contributed by atoms with E-state index in [1.807, 2.05) is 0 Å². The van der Waals surface area contributed by atoms with Crippen molar-refractivity contribution in [2.75, 3.05) is 20.2 Å². The second kappa shape index (κ2) is 8.31. The Bertz CT molecular complexity index is 442. The maximum absolute atomic E-state index is 12.5. The first-order valence-corrected chi connectivity index (χ1v) is 6.19. The molecule has 2 N–H and O–H groups in total. The molecule has 0 fully saturated rings. The summed E-state index contributed by atoms with van der Waals surface area (Å²) in [5, 5.41) is 5.30. The van der Waals surface area contributed by atoms with E-state index in [2.05, 4.69) is 15.4 Å². The van der Waals surface area contributed by atoms with Crippen molar-refractivity contribution in [3.63, 3.8) is 0 Å². The number of hydrogen-bond acceptors (Lipinski definition) is 4. The average molecular weight is 288 g/mol. The second-order valence-corrected chi connectivity index (χ2v) is 3.86. The molecule has 1 amide bonds. The second-order valence-electron chi connectivity index (χ2n) is 3.86. The van der Waals surface area contributed by atoms with Crippen molar-refractivity contribution >= 4 is 5.91 Å². The van der Waals surface area contributed by atoms with Gasteiger partial charge in [-0.1, -0.05) is 12.1 Å². The van der Waals surface area contributed by atoms with Gasteiger partial charge in [0.15, 0.2) is 11.5 Å². The summed E-state index contributed by atoms with van der Waals surface area (Å²) in [4.78, 5) is 11.4. The summed E-state index contributed by atoms with van der Waals surface area (Å²) in [5.74, 6) is -0.0559. The molecule has 0 aliphatic heterocycles. The molecular weight excluding hydrogens is 270 g/mol. The van der Waals surface area contributed by atoms with Crippen LogP contribution in [0.3, 0.4) is 0 Å².